The molecule has 11 heteroatoms. The Hall–Kier alpha value is -3.70. The van der Waals surface area contributed by atoms with Gasteiger partial charge in [0.05, 0.1) is 14.2 Å². The Labute approximate surface area is 261 Å². The van der Waals surface area contributed by atoms with Gasteiger partial charge in [-0.1, -0.05) is 12.8 Å². The Morgan fingerprint density at radius 1 is 0.955 bits per heavy atom. The van der Waals surface area contributed by atoms with E-state index in [1.54, 1.807) is 26.5 Å². The molecular formula is C33H48N8O3. The zero-order chi connectivity index (χ0) is 31.1. The van der Waals surface area contributed by atoms with Crippen molar-refractivity contribution in [2.75, 3.05) is 70.7 Å². The van der Waals surface area contributed by atoms with Crippen LogP contribution in [0.3, 0.4) is 0 Å². The van der Waals surface area contributed by atoms with Crippen LogP contribution >= 0.6 is 0 Å². The number of carbonyl (C=O) groups excluding carboxylic acids is 1. The van der Waals surface area contributed by atoms with E-state index in [0.717, 1.165) is 49.5 Å². The number of ether oxygens (including phenoxy) is 2. The van der Waals surface area contributed by atoms with E-state index >= 15 is 0 Å². The van der Waals surface area contributed by atoms with Crippen molar-refractivity contribution >= 4 is 28.8 Å². The fourth-order valence-electron chi connectivity index (χ4n) is 6.06. The molecule has 3 aromatic rings. The van der Waals surface area contributed by atoms with Crippen LogP contribution in [0.1, 0.15) is 52.9 Å². The Kier molecular flexibility index (Phi) is 10.4. The van der Waals surface area contributed by atoms with Crippen molar-refractivity contribution in [3.8, 4) is 22.6 Å². The maximum atomic E-state index is 12.9. The Morgan fingerprint density at radius 3 is 2.30 bits per heavy atom. The Balaban J connectivity index is 1.25. The van der Waals surface area contributed by atoms with E-state index in [0.29, 0.717) is 34.5 Å². The van der Waals surface area contributed by atoms with E-state index in [9.17, 15) is 4.79 Å². The molecule has 2 aliphatic rings. The summed E-state index contributed by atoms with van der Waals surface area (Å²) in [6, 6.07) is 7.14. The number of fused-ring (bicyclic) bond motifs is 1. The van der Waals surface area contributed by atoms with E-state index in [1.165, 1.54) is 45.3 Å². The van der Waals surface area contributed by atoms with Crippen molar-refractivity contribution in [1.29, 1.82) is 0 Å². The number of amides is 2. The Morgan fingerprint density at radius 2 is 1.64 bits per heavy atom. The molecule has 1 aliphatic heterocycles. The molecule has 0 unspecified atom stereocenters. The lowest BCUT2D eigenvalue weighted by atomic mass is 10.0. The third-order valence-corrected chi connectivity index (χ3v) is 8.34. The highest BCUT2D eigenvalue weighted by atomic mass is 16.5. The first kappa shape index (κ1) is 31.7. The monoisotopic (exact) mass is 604 g/mol. The smallest absolute Gasteiger partial charge is 0.320 e. The van der Waals surface area contributed by atoms with Gasteiger partial charge in [0.15, 0.2) is 5.65 Å². The van der Waals surface area contributed by atoms with Crippen LogP contribution < -0.4 is 25.4 Å². The average Bonchev–Trinajstić information content (AvgIpc) is 3.51. The standard InChI is InChI=1S/C33H48N8O3/c1-33(2,3)39-32(42)38-30-28(24-17-26(43-4)20-27(18-24)44-5)19-25-21-35-31(37-29(25)36-30)34-11-8-12-40-13-15-41(16-14-40)22-23-9-6-7-10-23/h17-21,23H,6-16,22H2,1-5H3,(H3,34,35,36,37,38,39,42). The normalized spacial score (nSPS) is 16.7. The molecular weight excluding hydrogens is 556 g/mol. The summed E-state index contributed by atoms with van der Waals surface area (Å²) >= 11 is 0. The van der Waals surface area contributed by atoms with E-state index in [4.69, 9.17) is 14.5 Å². The molecule has 0 spiro atoms. The molecule has 1 saturated heterocycles. The fourth-order valence-corrected chi connectivity index (χ4v) is 6.06. The highest BCUT2D eigenvalue weighted by Gasteiger charge is 2.22. The highest BCUT2D eigenvalue weighted by Crippen LogP contribution is 2.35. The number of carbonyl (C=O) groups is 1. The van der Waals surface area contributed by atoms with Crippen LogP contribution in [0, 0.1) is 5.92 Å². The Bertz CT molecular complexity index is 1390. The van der Waals surface area contributed by atoms with Crippen LogP contribution in [0.2, 0.25) is 0 Å². The quantitative estimate of drug-likeness (QED) is 0.253. The molecule has 11 nitrogen and oxygen atoms in total. The van der Waals surface area contributed by atoms with Gasteiger partial charge in [-0.15, -0.1) is 0 Å². The summed E-state index contributed by atoms with van der Waals surface area (Å²) in [6.45, 7) is 13.5. The van der Waals surface area contributed by atoms with Gasteiger partial charge in [0.25, 0.3) is 0 Å². The average molecular weight is 605 g/mol. The van der Waals surface area contributed by atoms with Crippen LogP contribution in [-0.2, 0) is 0 Å². The number of hydrogen-bond donors (Lipinski definition) is 3. The van der Waals surface area contributed by atoms with E-state index < -0.39 is 5.54 Å². The summed E-state index contributed by atoms with van der Waals surface area (Å²) in [4.78, 5) is 32.1. The largest absolute Gasteiger partial charge is 0.497 e. The molecule has 2 aromatic heterocycles. The molecule has 0 radical (unpaired) electrons. The van der Waals surface area contributed by atoms with Gasteiger partial charge in [-0.25, -0.2) is 14.8 Å². The van der Waals surface area contributed by atoms with Gasteiger partial charge in [0.2, 0.25) is 5.95 Å². The summed E-state index contributed by atoms with van der Waals surface area (Å²) < 4.78 is 11.0. The summed E-state index contributed by atoms with van der Waals surface area (Å²) in [5.74, 6) is 3.09. The first-order valence-electron chi connectivity index (χ1n) is 15.9. The third-order valence-electron chi connectivity index (χ3n) is 8.34. The van der Waals surface area contributed by atoms with Gasteiger partial charge in [0, 0.05) is 68.0 Å². The molecule has 1 aromatic carbocycles. The van der Waals surface area contributed by atoms with Gasteiger partial charge in [0.1, 0.15) is 17.3 Å². The lowest BCUT2D eigenvalue weighted by molar-refractivity contribution is 0.118. The number of hydrogen-bond acceptors (Lipinski definition) is 9. The molecule has 44 heavy (non-hydrogen) atoms. The predicted octanol–water partition coefficient (Wildman–Crippen LogP) is 5.24. The SMILES string of the molecule is COc1cc(OC)cc(-c2cc3cnc(NCCCN4CCN(CC5CCCC5)CC4)nc3nc2NC(=O)NC(C)(C)C)c1. The van der Waals surface area contributed by atoms with Gasteiger partial charge < -0.3 is 29.9 Å². The number of anilines is 2. The summed E-state index contributed by atoms with van der Waals surface area (Å²) in [5, 5.41) is 9.99. The molecule has 1 saturated carbocycles. The van der Waals surface area contributed by atoms with Crippen molar-refractivity contribution in [3.63, 3.8) is 0 Å². The lowest BCUT2D eigenvalue weighted by Gasteiger charge is -2.36. The number of methoxy groups -OCH3 is 2. The number of urea groups is 1. The predicted molar refractivity (Wildman–Crippen MR) is 176 cm³/mol. The molecule has 3 N–H and O–H groups in total. The summed E-state index contributed by atoms with van der Waals surface area (Å²) in [6.07, 6.45) is 8.44. The minimum atomic E-state index is -0.414. The number of nitrogens with zero attached hydrogens (tertiary/aromatic N) is 5. The second-order valence-corrected chi connectivity index (χ2v) is 13.0. The van der Waals surface area contributed by atoms with Crippen LogP contribution in [0.5, 0.6) is 11.5 Å². The number of nitrogens with one attached hydrogen (secondary N) is 3. The number of pyridine rings is 1. The first-order valence-corrected chi connectivity index (χ1v) is 15.9. The molecule has 3 heterocycles. The van der Waals surface area contributed by atoms with E-state index in [2.05, 4.69) is 35.7 Å². The number of benzene rings is 1. The third kappa shape index (κ3) is 8.69. The summed E-state index contributed by atoms with van der Waals surface area (Å²) in [7, 11) is 3.21. The van der Waals surface area contributed by atoms with Crippen LogP contribution in [0.4, 0.5) is 16.6 Å². The van der Waals surface area contributed by atoms with E-state index in [1.807, 2.05) is 39.0 Å². The lowest BCUT2D eigenvalue weighted by Crippen LogP contribution is -2.47. The van der Waals surface area contributed by atoms with Crippen molar-refractivity contribution in [2.24, 2.45) is 5.92 Å². The van der Waals surface area contributed by atoms with Crippen molar-refractivity contribution < 1.29 is 14.3 Å². The number of piperazine rings is 1. The first-order chi connectivity index (χ1) is 21.2. The van der Waals surface area contributed by atoms with Gasteiger partial charge in [-0.2, -0.15) is 4.98 Å². The van der Waals surface area contributed by atoms with Crippen molar-refractivity contribution in [1.82, 2.24) is 30.1 Å². The van der Waals surface area contributed by atoms with Crippen LogP contribution in [0.25, 0.3) is 22.2 Å². The molecule has 2 fully saturated rings. The molecule has 0 bridgehead atoms. The fraction of sp³-hybridized carbons (Fsp3) is 0.576. The zero-order valence-corrected chi connectivity index (χ0v) is 26.9. The van der Waals surface area contributed by atoms with Gasteiger partial charge >= 0.3 is 6.03 Å². The van der Waals surface area contributed by atoms with Gasteiger partial charge in [-0.3, -0.25) is 5.32 Å². The maximum Gasteiger partial charge on any atom is 0.320 e. The second kappa shape index (κ2) is 14.4. The molecule has 5 rings (SSSR count). The van der Waals surface area contributed by atoms with Gasteiger partial charge in [-0.05, 0) is 76.3 Å². The maximum absolute atomic E-state index is 12.9. The van der Waals surface area contributed by atoms with Crippen LogP contribution in [-0.4, -0.2) is 96.4 Å². The number of aromatic nitrogens is 3. The van der Waals surface area contributed by atoms with E-state index in [-0.39, 0.29) is 6.03 Å². The topological polar surface area (TPSA) is 117 Å². The molecule has 0 atom stereocenters. The molecule has 238 valence electrons. The molecule has 1 aliphatic carbocycles. The van der Waals surface area contributed by atoms with Crippen LogP contribution in [0.15, 0.2) is 30.5 Å². The minimum absolute atomic E-state index is 0.354. The second-order valence-electron chi connectivity index (χ2n) is 13.0. The number of rotatable bonds is 11. The minimum Gasteiger partial charge on any atom is -0.497 e. The summed E-state index contributed by atoms with van der Waals surface area (Å²) in [5.41, 5.74) is 1.56. The zero-order valence-electron chi connectivity index (χ0n) is 26.9. The van der Waals surface area contributed by atoms with Crippen molar-refractivity contribution in [2.45, 2.75) is 58.4 Å². The van der Waals surface area contributed by atoms with Crippen molar-refractivity contribution in [3.05, 3.63) is 30.5 Å². The highest BCUT2D eigenvalue weighted by molar-refractivity contribution is 5.96. The molecule has 2 amide bonds.